The zero-order valence-electron chi connectivity index (χ0n) is 15.6. The summed E-state index contributed by atoms with van der Waals surface area (Å²) in [5.74, 6) is 1.32. The van der Waals surface area contributed by atoms with Gasteiger partial charge in [0.1, 0.15) is 18.2 Å². The van der Waals surface area contributed by atoms with E-state index in [0.717, 1.165) is 37.3 Å². The quantitative estimate of drug-likeness (QED) is 0.680. The third-order valence-electron chi connectivity index (χ3n) is 5.52. The Morgan fingerprint density at radius 2 is 2.22 bits per heavy atom. The van der Waals surface area contributed by atoms with Crippen LogP contribution >= 0.6 is 0 Å². The van der Waals surface area contributed by atoms with Crippen molar-refractivity contribution in [1.29, 1.82) is 0 Å². The molecule has 0 aliphatic carbocycles. The van der Waals surface area contributed by atoms with Gasteiger partial charge in [0.25, 0.3) is 0 Å². The maximum absolute atomic E-state index is 13.3. The summed E-state index contributed by atoms with van der Waals surface area (Å²) < 4.78 is 3.61. The Morgan fingerprint density at radius 3 is 3.00 bits per heavy atom. The monoisotopic (exact) mass is 368 g/mol. The van der Waals surface area contributed by atoms with E-state index >= 15 is 0 Å². The molecule has 4 rings (SSSR count). The molecule has 9 nitrogen and oxygen atoms in total. The van der Waals surface area contributed by atoms with Crippen molar-refractivity contribution < 1.29 is 4.79 Å². The summed E-state index contributed by atoms with van der Waals surface area (Å²) in [6.45, 7) is 5.54. The number of tetrazole rings is 1. The molecule has 3 aromatic heterocycles. The fraction of sp³-hybridized carbons (Fsp3) is 0.556. The van der Waals surface area contributed by atoms with Crippen molar-refractivity contribution in [3.63, 3.8) is 0 Å². The van der Waals surface area contributed by atoms with E-state index in [1.54, 1.807) is 4.68 Å². The summed E-state index contributed by atoms with van der Waals surface area (Å²) >= 11 is 0. The maximum Gasteiger partial charge on any atom is 0.247 e. The number of likely N-dealkylation sites (tertiary alicyclic amines) is 1. The highest BCUT2D eigenvalue weighted by Crippen LogP contribution is 2.29. The molecule has 0 unspecified atom stereocenters. The zero-order chi connectivity index (χ0) is 18.8. The number of carbonyl (C=O) groups excluding carboxylic acids is 1. The predicted molar refractivity (Wildman–Crippen MR) is 97.9 cm³/mol. The molecular weight excluding hydrogens is 344 g/mol. The van der Waals surface area contributed by atoms with E-state index in [1.807, 2.05) is 33.7 Å². The molecule has 142 valence electrons. The largest absolute Gasteiger partial charge is 0.340 e. The van der Waals surface area contributed by atoms with E-state index in [4.69, 9.17) is 0 Å². The van der Waals surface area contributed by atoms with Crippen LogP contribution in [0.5, 0.6) is 0 Å². The topological polar surface area (TPSA) is 94.1 Å². The molecule has 0 aromatic carbocycles. The molecule has 0 bridgehead atoms. The van der Waals surface area contributed by atoms with E-state index in [2.05, 4.69) is 39.6 Å². The lowest BCUT2D eigenvalue weighted by Crippen LogP contribution is -2.45. The minimum atomic E-state index is -0.376. The summed E-state index contributed by atoms with van der Waals surface area (Å²) in [6.07, 6.45) is 6.33. The van der Waals surface area contributed by atoms with Crippen LogP contribution < -0.4 is 0 Å². The molecule has 3 aromatic rings. The molecule has 1 amide bonds. The number of hydrogen-bond acceptors (Lipinski definition) is 6. The number of fused-ring (bicyclic) bond motifs is 1. The van der Waals surface area contributed by atoms with Gasteiger partial charge in [-0.05, 0) is 41.3 Å². The lowest BCUT2D eigenvalue weighted by Gasteiger charge is -2.35. The highest BCUT2D eigenvalue weighted by atomic mass is 16.2. The average Bonchev–Trinajstić information content (AvgIpc) is 3.38. The van der Waals surface area contributed by atoms with Crippen LogP contribution in [-0.4, -0.2) is 58.7 Å². The first-order chi connectivity index (χ1) is 13.2. The molecule has 9 heteroatoms. The van der Waals surface area contributed by atoms with E-state index < -0.39 is 0 Å². The van der Waals surface area contributed by atoms with Crippen LogP contribution in [0.2, 0.25) is 0 Å². The molecule has 0 spiro atoms. The molecule has 0 saturated carbocycles. The van der Waals surface area contributed by atoms with E-state index in [-0.39, 0.29) is 23.8 Å². The minimum Gasteiger partial charge on any atom is -0.340 e. The summed E-state index contributed by atoms with van der Waals surface area (Å²) in [4.78, 5) is 15.3. The van der Waals surface area contributed by atoms with Crippen molar-refractivity contribution in [3.05, 3.63) is 36.5 Å². The molecular formula is C18H24N8O. The molecule has 0 N–H and O–H groups in total. The molecule has 3 atom stereocenters. The maximum atomic E-state index is 13.3. The zero-order valence-corrected chi connectivity index (χ0v) is 15.6. The first-order valence-corrected chi connectivity index (χ1v) is 9.50. The Kier molecular flexibility index (Phi) is 4.83. The van der Waals surface area contributed by atoms with Crippen molar-refractivity contribution >= 4 is 11.6 Å². The van der Waals surface area contributed by atoms with Gasteiger partial charge in [-0.2, -0.15) is 0 Å². The SMILES string of the molecule is CC[C@H](C)[C@@H](C(=O)N1CCC[C@@H](c2nnc3ccccn23)C1)n1cnnn1. The highest BCUT2D eigenvalue weighted by molar-refractivity contribution is 5.80. The summed E-state index contributed by atoms with van der Waals surface area (Å²) in [6, 6.07) is 5.49. The van der Waals surface area contributed by atoms with Crippen LogP contribution in [0.25, 0.3) is 5.65 Å². The normalized spacial score (nSPS) is 19.9. The summed E-state index contributed by atoms with van der Waals surface area (Å²) in [7, 11) is 0. The van der Waals surface area contributed by atoms with Gasteiger partial charge in [0.05, 0.1) is 0 Å². The Morgan fingerprint density at radius 1 is 1.33 bits per heavy atom. The lowest BCUT2D eigenvalue weighted by molar-refractivity contribution is -0.138. The van der Waals surface area contributed by atoms with Crippen molar-refractivity contribution in [1.82, 2.24) is 39.7 Å². The Balaban J connectivity index is 1.57. The number of amides is 1. The fourth-order valence-electron chi connectivity index (χ4n) is 3.85. The first-order valence-electron chi connectivity index (χ1n) is 9.50. The first kappa shape index (κ1) is 17.6. The Bertz CT molecular complexity index is 905. The Hall–Kier alpha value is -2.84. The third kappa shape index (κ3) is 3.29. The van der Waals surface area contributed by atoms with Crippen molar-refractivity contribution in [2.24, 2.45) is 5.92 Å². The average molecular weight is 368 g/mol. The standard InChI is InChI=1S/C18H24N8O/c1-3-13(2)16(26-12-19-22-23-26)18(27)24-9-6-7-14(11-24)17-21-20-15-8-4-5-10-25(15)17/h4-5,8,10,12-14,16H,3,6-7,9,11H2,1-2H3/t13-,14+,16-/m0/s1. The van der Waals surface area contributed by atoms with Gasteiger partial charge in [-0.15, -0.1) is 15.3 Å². The third-order valence-corrected chi connectivity index (χ3v) is 5.52. The van der Waals surface area contributed by atoms with Gasteiger partial charge in [0.15, 0.2) is 5.65 Å². The van der Waals surface area contributed by atoms with Gasteiger partial charge in [0, 0.05) is 25.2 Å². The number of nitrogens with zero attached hydrogens (tertiary/aromatic N) is 8. The molecule has 1 fully saturated rings. The minimum absolute atomic E-state index is 0.0789. The molecule has 4 heterocycles. The van der Waals surface area contributed by atoms with Gasteiger partial charge in [-0.1, -0.05) is 26.3 Å². The summed E-state index contributed by atoms with van der Waals surface area (Å²) in [5, 5.41) is 20.1. The number of carbonyl (C=O) groups is 1. The van der Waals surface area contributed by atoms with Crippen molar-refractivity contribution in [2.45, 2.75) is 45.1 Å². The van der Waals surface area contributed by atoms with Gasteiger partial charge in [0.2, 0.25) is 5.91 Å². The van der Waals surface area contributed by atoms with Crippen LogP contribution in [0, 0.1) is 5.92 Å². The molecule has 1 aliphatic heterocycles. The second kappa shape index (κ2) is 7.42. The fourth-order valence-corrected chi connectivity index (χ4v) is 3.85. The summed E-state index contributed by atoms with van der Waals surface area (Å²) in [5.41, 5.74) is 0.835. The number of piperidine rings is 1. The van der Waals surface area contributed by atoms with Gasteiger partial charge in [-0.25, -0.2) is 4.68 Å². The van der Waals surface area contributed by atoms with Crippen LogP contribution in [0.4, 0.5) is 0 Å². The van der Waals surface area contributed by atoms with E-state index in [0.29, 0.717) is 6.54 Å². The predicted octanol–water partition coefficient (Wildman–Crippen LogP) is 1.71. The number of rotatable bonds is 5. The smallest absolute Gasteiger partial charge is 0.247 e. The second-order valence-electron chi connectivity index (χ2n) is 7.23. The molecule has 1 saturated heterocycles. The van der Waals surface area contributed by atoms with Gasteiger partial charge in [-0.3, -0.25) is 9.20 Å². The van der Waals surface area contributed by atoms with Crippen LogP contribution in [0.15, 0.2) is 30.7 Å². The van der Waals surface area contributed by atoms with Crippen LogP contribution in [0.1, 0.15) is 50.9 Å². The van der Waals surface area contributed by atoms with Crippen molar-refractivity contribution in [3.8, 4) is 0 Å². The van der Waals surface area contributed by atoms with E-state index in [1.165, 1.54) is 6.33 Å². The van der Waals surface area contributed by atoms with Gasteiger partial charge < -0.3 is 4.90 Å². The highest BCUT2D eigenvalue weighted by Gasteiger charge is 2.35. The van der Waals surface area contributed by atoms with E-state index in [9.17, 15) is 4.79 Å². The second-order valence-corrected chi connectivity index (χ2v) is 7.23. The molecule has 1 aliphatic rings. The van der Waals surface area contributed by atoms with Crippen molar-refractivity contribution in [2.75, 3.05) is 13.1 Å². The number of aromatic nitrogens is 7. The van der Waals surface area contributed by atoms with Crippen LogP contribution in [0.3, 0.4) is 0 Å². The van der Waals surface area contributed by atoms with Crippen LogP contribution in [-0.2, 0) is 4.79 Å². The Labute approximate surface area is 157 Å². The molecule has 27 heavy (non-hydrogen) atoms. The van der Waals surface area contributed by atoms with Gasteiger partial charge >= 0.3 is 0 Å². The number of pyridine rings is 1. The number of hydrogen-bond donors (Lipinski definition) is 0. The molecule has 0 radical (unpaired) electrons. The lowest BCUT2D eigenvalue weighted by atomic mass is 9.93.